The summed E-state index contributed by atoms with van der Waals surface area (Å²) in [6.45, 7) is 2.78. The molecule has 7 heteroatoms. The molecule has 1 aromatic heterocycles. The Morgan fingerprint density at radius 1 is 1.48 bits per heavy atom. The number of unbranched alkanes of at least 4 members (excludes halogenated alkanes) is 1. The molecule has 1 aliphatic heterocycles. The van der Waals surface area contributed by atoms with E-state index in [1.165, 1.54) is 0 Å². The SMILES string of the molecule is CCCC#Cc1ccc(N2CCNC(C(=O)C(F)(F)F)C2)nc1. The lowest BCUT2D eigenvalue weighted by atomic mass is 10.1. The van der Waals surface area contributed by atoms with E-state index in [0.717, 1.165) is 18.4 Å². The molecule has 1 unspecified atom stereocenters. The molecule has 1 fully saturated rings. The Labute approximate surface area is 133 Å². The van der Waals surface area contributed by atoms with Gasteiger partial charge in [0.25, 0.3) is 5.78 Å². The van der Waals surface area contributed by atoms with Crippen LogP contribution in [-0.2, 0) is 4.79 Å². The van der Waals surface area contributed by atoms with E-state index in [0.29, 0.717) is 18.9 Å². The van der Waals surface area contributed by atoms with Gasteiger partial charge in [-0.15, -0.1) is 0 Å². The molecule has 0 spiro atoms. The van der Waals surface area contributed by atoms with Gasteiger partial charge < -0.3 is 10.2 Å². The second-order valence-corrected chi connectivity index (χ2v) is 5.27. The van der Waals surface area contributed by atoms with E-state index in [1.807, 2.05) is 6.92 Å². The van der Waals surface area contributed by atoms with Gasteiger partial charge in [0, 0.05) is 37.8 Å². The van der Waals surface area contributed by atoms with Gasteiger partial charge in [-0.25, -0.2) is 4.98 Å². The molecule has 1 saturated heterocycles. The van der Waals surface area contributed by atoms with Crippen molar-refractivity contribution in [1.82, 2.24) is 10.3 Å². The molecule has 23 heavy (non-hydrogen) atoms. The fourth-order valence-electron chi connectivity index (χ4n) is 2.27. The Balaban J connectivity index is 2.04. The topological polar surface area (TPSA) is 45.2 Å². The van der Waals surface area contributed by atoms with Crippen LogP contribution in [0.1, 0.15) is 25.3 Å². The van der Waals surface area contributed by atoms with Gasteiger partial charge in [0.15, 0.2) is 0 Å². The van der Waals surface area contributed by atoms with Crippen LogP contribution in [0.3, 0.4) is 0 Å². The number of ketones is 1. The van der Waals surface area contributed by atoms with E-state index in [2.05, 4.69) is 22.1 Å². The van der Waals surface area contributed by atoms with E-state index < -0.39 is 18.0 Å². The number of carbonyl (C=O) groups excluding carboxylic acids is 1. The number of nitrogens with one attached hydrogen (secondary N) is 1. The second-order valence-electron chi connectivity index (χ2n) is 5.27. The zero-order valence-corrected chi connectivity index (χ0v) is 12.8. The third-order valence-electron chi connectivity index (χ3n) is 3.45. The highest BCUT2D eigenvalue weighted by molar-refractivity contribution is 5.89. The van der Waals surface area contributed by atoms with Crippen LogP contribution in [0.5, 0.6) is 0 Å². The van der Waals surface area contributed by atoms with Crippen molar-refractivity contribution in [3.63, 3.8) is 0 Å². The molecule has 1 aromatic rings. The average Bonchev–Trinajstić information content (AvgIpc) is 2.54. The van der Waals surface area contributed by atoms with Crippen LogP contribution >= 0.6 is 0 Å². The number of aromatic nitrogens is 1. The van der Waals surface area contributed by atoms with Gasteiger partial charge in [0.2, 0.25) is 0 Å². The summed E-state index contributed by atoms with van der Waals surface area (Å²) < 4.78 is 37.6. The number of anilines is 1. The number of rotatable bonds is 3. The Hall–Kier alpha value is -2.07. The first-order valence-electron chi connectivity index (χ1n) is 7.46. The molecule has 124 valence electrons. The van der Waals surface area contributed by atoms with Gasteiger partial charge in [-0.2, -0.15) is 13.2 Å². The van der Waals surface area contributed by atoms with E-state index in [-0.39, 0.29) is 6.54 Å². The summed E-state index contributed by atoms with van der Waals surface area (Å²) >= 11 is 0. The van der Waals surface area contributed by atoms with Crippen LogP contribution in [-0.4, -0.2) is 42.6 Å². The number of hydrogen-bond donors (Lipinski definition) is 1. The largest absolute Gasteiger partial charge is 0.451 e. The lowest BCUT2D eigenvalue weighted by molar-refractivity contribution is -0.173. The van der Waals surface area contributed by atoms with Crippen molar-refractivity contribution in [2.24, 2.45) is 0 Å². The van der Waals surface area contributed by atoms with Crippen molar-refractivity contribution < 1.29 is 18.0 Å². The lowest BCUT2D eigenvalue weighted by Crippen LogP contribution is -2.57. The van der Waals surface area contributed by atoms with Crippen LogP contribution in [0, 0.1) is 11.8 Å². The number of alkyl halides is 3. The highest BCUT2D eigenvalue weighted by Gasteiger charge is 2.44. The van der Waals surface area contributed by atoms with Gasteiger partial charge in [-0.05, 0) is 18.6 Å². The van der Waals surface area contributed by atoms with Gasteiger partial charge in [0.1, 0.15) is 5.82 Å². The van der Waals surface area contributed by atoms with Crippen LogP contribution in [0.25, 0.3) is 0 Å². The fourth-order valence-corrected chi connectivity index (χ4v) is 2.27. The summed E-state index contributed by atoms with van der Waals surface area (Å²) in [5.74, 6) is 4.78. The third-order valence-corrected chi connectivity index (χ3v) is 3.45. The van der Waals surface area contributed by atoms with Crippen LogP contribution in [0.2, 0.25) is 0 Å². The molecule has 0 saturated carbocycles. The van der Waals surface area contributed by atoms with Crippen molar-refractivity contribution in [2.45, 2.75) is 32.0 Å². The molecule has 2 heterocycles. The minimum atomic E-state index is -4.83. The normalized spacial score (nSPS) is 18.3. The number of halogens is 3. The Bertz CT molecular complexity index is 602. The number of carbonyl (C=O) groups is 1. The summed E-state index contributed by atoms with van der Waals surface area (Å²) in [4.78, 5) is 17.3. The molecular formula is C16H18F3N3O. The highest BCUT2D eigenvalue weighted by atomic mass is 19.4. The number of pyridine rings is 1. The van der Waals surface area contributed by atoms with Crippen LogP contribution < -0.4 is 10.2 Å². The van der Waals surface area contributed by atoms with Crippen molar-refractivity contribution in [3.05, 3.63) is 23.9 Å². The van der Waals surface area contributed by atoms with Crippen molar-refractivity contribution >= 4 is 11.6 Å². The standard InChI is InChI=1S/C16H18F3N3O/c1-2-3-4-5-12-6-7-14(21-10-12)22-9-8-20-13(11-22)15(23)16(17,18)19/h6-7,10,13,20H,2-3,8-9,11H2,1H3. The monoisotopic (exact) mass is 325 g/mol. The van der Waals surface area contributed by atoms with Crippen LogP contribution in [0.15, 0.2) is 18.3 Å². The molecule has 4 nitrogen and oxygen atoms in total. The molecular weight excluding hydrogens is 307 g/mol. The first-order valence-corrected chi connectivity index (χ1v) is 7.46. The quantitative estimate of drug-likeness (QED) is 0.865. The Morgan fingerprint density at radius 2 is 2.26 bits per heavy atom. The summed E-state index contributed by atoms with van der Waals surface area (Å²) in [7, 11) is 0. The molecule has 1 N–H and O–H groups in total. The summed E-state index contributed by atoms with van der Waals surface area (Å²) in [6, 6.07) is 2.25. The first kappa shape index (κ1) is 17.3. The summed E-state index contributed by atoms with van der Waals surface area (Å²) in [5, 5.41) is 2.61. The Morgan fingerprint density at radius 3 is 2.87 bits per heavy atom. The zero-order chi connectivity index (χ0) is 16.9. The lowest BCUT2D eigenvalue weighted by Gasteiger charge is -2.33. The van der Waals surface area contributed by atoms with Gasteiger partial charge in [0.05, 0.1) is 6.04 Å². The summed E-state index contributed by atoms with van der Waals surface area (Å²) in [5.41, 5.74) is 0.764. The highest BCUT2D eigenvalue weighted by Crippen LogP contribution is 2.21. The zero-order valence-electron chi connectivity index (χ0n) is 12.8. The molecule has 0 bridgehead atoms. The molecule has 1 aliphatic rings. The van der Waals surface area contributed by atoms with Crippen molar-refractivity contribution in [3.8, 4) is 11.8 Å². The maximum atomic E-state index is 12.5. The molecule has 0 aromatic carbocycles. The van der Waals surface area contributed by atoms with E-state index in [4.69, 9.17) is 0 Å². The molecule has 2 rings (SSSR count). The second kappa shape index (κ2) is 7.47. The number of Topliss-reactive ketones (excluding diaryl/α,β-unsaturated/α-hetero) is 1. The minimum Gasteiger partial charge on any atom is -0.353 e. The van der Waals surface area contributed by atoms with Gasteiger partial charge in [-0.1, -0.05) is 18.8 Å². The van der Waals surface area contributed by atoms with E-state index >= 15 is 0 Å². The number of hydrogen-bond acceptors (Lipinski definition) is 4. The molecule has 1 atom stereocenters. The molecule has 0 aliphatic carbocycles. The van der Waals surface area contributed by atoms with Crippen molar-refractivity contribution in [1.29, 1.82) is 0 Å². The fraction of sp³-hybridized carbons (Fsp3) is 0.500. The Kier molecular flexibility index (Phi) is 5.61. The molecule has 0 amide bonds. The smallest absolute Gasteiger partial charge is 0.353 e. The predicted molar refractivity (Wildman–Crippen MR) is 81.1 cm³/mol. The predicted octanol–water partition coefficient (Wildman–Crippen LogP) is 2.14. The van der Waals surface area contributed by atoms with E-state index in [9.17, 15) is 18.0 Å². The van der Waals surface area contributed by atoms with Crippen molar-refractivity contribution in [2.75, 3.05) is 24.5 Å². The number of nitrogens with zero attached hydrogens (tertiary/aromatic N) is 2. The summed E-state index contributed by atoms with van der Waals surface area (Å²) in [6.07, 6.45) is -1.44. The maximum absolute atomic E-state index is 12.5. The maximum Gasteiger partial charge on any atom is 0.451 e. The number of piperazine rings is 1. The first-order chi connectivity index (χ1) is 10.9. The minimum absolute atomic E-state index is 0.0494. The van der Waals surface area contributed by atoms with Crippen LogP contribution in [0.4, 0.5) is 19.0 Å². The average molecular weight is 325 g/mol. The third kappa shape index (κ3) is 4.70. The molecule has 0 radical (unpaired) electrons. The van der Waals surface area contributed by atoms with Gasteiger partial charge >= 0.3 is 6.18 Å². The van der Waals surface area contributed by atoms with E-state index in [1.54, 1.807) is 23.2 Å². The van der Waals surface area contributed by atoms with Gasteiger partial charge in [-0.3, -0.25) is 4.79 Å².